The molecule has 1 aliphatic rings. The summed E-state index contributed by atoms with van der Waals surface area (Å²) in [5.41, 5.74) is 2.52. The van der Waals surface area contributed by atoms with Crippen LogP contribution in [0.5, 0.6) is 5.75 Å². The number of amides is 1. The summed E-state index contributed by atoms with van der Waals surface area (Å²) in [5, 5.41) is 9.40. The van der Waals surface area contributed by atoms with Crippen LogP contribution in [-0.2, 0) is 0 Å². The summed E-state index contributed by atoms with van der Waals surface area (Å²) in [5.74, 6) is 0.0477. The number of pyridine rings is 1. The number of rotatable bonds is 2. The van der Waals surface area contributed by atoms with Crippen LogP contribution in [0.3, 0.4) is 0 Å². The molecule has 0 atom stereocenters. The number of halogens is 1. The molecule has 0 spiro atoms. The number of phenolic OH excluding ortho intramolecular Hbond substituents is 1. The van der Waals surface area contributed by atoms with Gasteiger partial charge in [-0.3, -0.25) is 9.36 Å². The van der Waals surface area contributed by atoms with Crippen LogP contribution in [0.1, 0.15) is 23.2 Å². The minimum atomic E-state index is -0.814. The van der Waals surface area contributed by atoms with Crippen LogP contribution >= 0.6 is 0 Å². The van der Waals surface area contributed by atoms with Crippen LogP contribution in [0, 0.1) is 0 Å². The van der Waals surface area contributed by atoms with E-state index in [1.54, 1.807) is 46.1 Å². The molecule has 1 aromatic carbocycles. The van der Waals surface area contributed by atoms with Crippen LogP contribution in [0.25, 0.3) is 16.9 Å². The van der Waals surface area contributed by atoms with Gasteiger partial charge >= 0.3 is 0 Å². The number of piperidine rings is 1. The van der Waals surface area contributed by atoms with Gasteiger partial charge in [-0.2, -0.15) is 0 Å². The Morgan fingerprint density at radius 3 is 2.60 bits per heavy atom. The predicted octanol–water partition coefficient (Wildman–Crippen LogP) is 2.70. The number of fused-ring (bicyclic) bond motifs is 1. The third-order valence-corrected chi connectivity index (χ3v) is 4.47. The van der Waals surface area contributed by atoms with Crippen molar-refractivity contribution in [3.8, 4) is 11.4 Å². The Balaban J connectivity index is 1.63. The summed E-state index contributed by atoms with van der Waals surface area (Å²) >= 11 is 0. The average molecular weight is 340 g/mol. The summed E-state index contributed by atoms with van der Waals surface area (Å²) in [6.45, 7) is 0.861. The highest BCUT2D eigenvalue weighted by Crippen LogP contribution is 2.21. The van der Waals surface area contributed by atoms with Crippen molar-refractivity contribution in [2.24, 2.45) is 0 Å². The number of benzene rings is 1. The highest BCUT2D eigenvalue weighted by Gasteiger charge is 2.24. The van der Waals surface area contributed by atoms with Gasteiger partial charge in [-0.05, 0) is 43.2 Å². The molecule has 0 saturated carbocycles. The van der Waals surface area contributed by atoms with Gasteiger partial charge in [0.15, 0.2) is 5.65 Å². The fourth-order valence-electron chi connectivity index (χ4n) is 3.05. The smallest absolute Gasteiger partial charge is 0.255 e. The van der Waals surface area contributed by atoms with E-state index in [2.05, 4.69) is 9.97 Å². The minimum absolute atomic E-state index is 0.138. The molecule has 0 bridgehead atoms. The zero-order valence-electron chi connectivity index (χ0n) is 13.5. The maximum absolute atomic E-state index is 13.2. The van der Waals surface area contributed by atoms with Gasteiger partial charge in [0.1, 0.15) is 23.8 Å². The molecule has 25 heavy (non-hydrogen) atoms. The maximum atomic E-state index is 13.2. The van der Waals surface area contributed by atoms with E-state index in [1.165, 1.54) is 6.20 Å². The van der Waals surface area contributed by atoms with Crippen molar-refractivity contribution in [3.05, 3.63) is 48.4 Å². The molecular formula is C18H17FN4O2. The fourth-order valence-corrected chi connectivity index (χ4v) is 3.05. The van der Waals surface area contributed by atoms with Crippen molar-refractivity contribution in [3.63, 3.8) is 0 Å². The van der Waals surface area contributed by atoms with E-state index in [9.17, 15) is 14.3 Å². The third-order valence-electron chi connectivity index (χ3n) is 4.47. The summed E-state index contributed by atoms with van der Waals surface area (Å²) < 4.78 is 15.0. The van der Waals surface area contributed by atoms with E-state index < -0.39 is 6.17 Å². The zero-order chi connectivity index (χ0) is 17.4. The highest BCUT2D eigenvalue weighted by atomic mass is 19.1. The lowest BCUT2D eigenvalue weighted by atomic mass is 10.1. The van der Waals surface area contributed by atoms with Crippen molar-refractivity contribution < 1.29 is 14.3 Å². The van der Waals surface area contributed by atoms with Gasteiger partial charge < -0.3 is 10.0 Å². The molecule has 1 N–H and O–H groups in total. The molecule has 3 heterocycles. The lowest BCUT2D eigenvalue weighted by Gasteiger charge is -2.28. The van der Waals surface area contributed by atoms with E-state index in [1.807, 2.05) is 0 Å². The van der Waals surface area contributed by atoms with Crippen molar-refractivity contribution in [2.45, 2.75) is 19.0 Å². The first kappa shape index (κ1) is 15.6. The maximum Gasteiger partial charge on any atom is 0.255 e. The number of aromatic nitrogens is 3. The molecule has 1 fully saturated rings. The van der Waals surface area contributed by atoms with Crippen LogP contribution in [0.4, 0.5) is 4.39 Å². The van der Waals surface area contributed by atoms with Crippen molar-refractivity contribution in [1.29, 1.82) is 0 Å². The van der Waals surface area contributed by atoms with E-state index in [0.717, 1.165) is 5.69 Å². The van der Waals surface area contributed by atoms with Crippen molar-refractivity contribution >= 4 is 17.1 Å². The van der Waals surface area contributed by atoms with Gasteiger partial charge in [0.25, 0.3) is 5.91 Å². The van der Waals surface area contributed by atoms with E-state index in [-0.39, 0.29) is 11.7 Å². The lowest BCUT2D eigenvalue weighted by molar-refractivity contribution is 0.0666. The van der Waals surface area contributed by atoms with Crippen LogP contribution in [0.15, 0.2) is 42.9 Å². The summed E-state index contributed by atoms with van der Waals surface area (Å²) in [4.78, 5) is 22.9. The van der Waals surface area contributed by atoms with E-state index in [0.29, 0.717) is 42.7 Å². The predicted molar refractivity (Wildman–Crippen MR) is 90.6 cm³/mol. The number of nitrogens with zero attached hydrogens (tertiary/aromatic N) is 4. The fraction of sp³-hybridized carbons (Fsp3) is 0.278. The van der Waals surface area contributed by atoms with Gasteiger partial charge in [-0.25, -0.2) is 14.4 Å². The van der Waals surface area contributed by atoms with Gasteiger partial charge in [-0.1, -0.05) is 0 Å². The van der Waals surface area contributed by atoms with Gasteiger partial charge in [0, 0.05) is 25.0 Å². The van der Waals surface area contributed by atoms with Gasteiger partial charge in [0.05, 0.1) is 5.56 Å². The van der Waals surface area contributed by atoms with Crippen LogP contribution in [-0.4, -0.2) is 49.7 Å². The molecule has 128 valence electrons. The number of aromatic hydroxyl groups is 1. The zero-order valence-corrected chi connectivity index (χ0v) is 13.5. The number of likely N-dealkylation sites (tertiary alicyclic amines) is 1. The van der Waals surface area contributed by atoms with Crippen molar-refractivity contribution in [1.82, 2.24) is 19.4 Å². The Kier molecular flexibility index (Phi) is 3.83. The molecule has 2 aromatic heterocycles. The first-order chi connectivity index (χ1) is 12.1. The molecule has 0 aliphatic carbocycles. The van der Waals surface area contributed by atoms with Crippen LogP contribution in [0.2, 0.25) is 0 Å². The van der Waals surface area contributed by atoms with Crippen LogP contribution < -0.4 is 0 Å². The number of hydrogen-bond donors (Lipinski definition) is 1. The molecule has 0 unspecified atom stereocenters. The Morgan fingerprint density at radius 1 is 1.16 bits per heavy atom. The Hall–Kier alpha value is -2.96. The second-order valence-corrected chi connectivity index (χ2v) is 6.16. The Morgan fingerprint density at radius 2 is 1.88 bits per heavy atom. The SMILES string of the molecule is O=C(c1cnc2c(c1)ncn2-c1ccc(O)cc1)N1CCC(F)CC1. The summed E-state index contributed by atoms with van der Waals surface area (Å²) in [6.07, 6.45) is 3.12. The normalized spacial score (nSPS) is 15.6. The average Bonchev–Trinajstić information content (AvgIpc) is 3.05. The molecule has 1 saturated heterocycles. The number of phenols is 1. The summed E-state index contributed by atoms with van der Waals surface area (Å²) in [6, 6.07) is 8.42. The van der Waals surface area contributed by atoms with Gasteiger partial charge in [0.2, 0.25) is 0 Å². The molecule has 4 rings (SSSR count). The molecule has 1 amide bonds. The standard InChI is InChI=1S/C18H17FN4O2/c19-13-5-7-22(8-6-13)18(25)12-9-16-17(20-10-12)23(11-21-16)14-1-3-15(24)4-2-14/h1-4,9-11,13,24H,5-8H2. The number of alkyl halides is 1. The number of imidazole rings is 1. The van der Waals surface area contributed by atoms with E-state index >= 15 is 0 Å². The minimum Gasteiger partial charge on any atom is -0.508 e. The number of carbonyl (C=O) groups is 1. The monoisotopic (exact) mass is 340 g/mol. The molecule has 6 nitrogen and oxygen atoms in total. The second kappa shape index (κ2) is 6.16. The Labute approximate surface area is 143 Å². The quantitative estimate of drug-likeness (QED) is 0.779. The van der Waals surface area contributed by atoms with Crippen molar-refractivity contribution in [2.75, 3.05) is 13.1 Å². The first-order valence-corrected chi connectivity index (χ1v) is 8.17. The number of carbonyl (C=O) groups excluding carboxylic acids is 1. The molecule has 3 aromatic rings. The lowest BCUT2D eigenvalue weighted by Crippen LogP contribution is -2.39. The second-order valence-electron chi connectivity index (χ2n) is 6.16. The molecule has 7 heteroatoms. The highest BCUT2D eigenvalue weighted by molar-refractivity contribution is 5.96. The summed E-state index contributed by atoms with van der Waals surface area (Å²) in [7, 11) is 0. The molecule has 1 aliphatic heterocycles. The molecule has 0 radical (unpaired) electrons. The van der Waals surface area contributed by atoms with E-state index in [4.69, 9.17) is 0 Å². The Bertz CT molecular complexity index is 914. The van der Waals surface area contributed by atoms with Gasteiger partial charge in [-0.15, -0.1) is 0 Å². The number of hydrogen-bond acceptors (Lipinski definition) is 4. The topological polar surface area (TPSA) is 71.2 Å². The largest absolute Gasteiger partial charge is 0.508 e. The first-order valence-electron chi connectivity index (χ1n) is 8.17. The molecular weight excluding hydrogens is 323 g/mol. The third kappa shape index (κ3) is 2.93.